The number of esters is 1. The molecule has 1 saturated heterocycles. The number of pyridine rings is 2. The van der Waals surface area contributed by atoms with E-state index in [1.54, 1.807) is 0 Å². The van der Waals surface area contributed by atoms with Gasteiger partial charge in [-0.1, -0.05) is 27.2 Å². The molecule has 0 amide bonds. The monoisotopic (exact) mass is 524 g/mol. The Morgan fingerprint density at radius 1 is 1.13 bits per heavy atom. The fourth-order valence-corrected chi connectivity index (χ4v) is 4.73. The zero-order chi connectivity index (χ0) is 28.1. The van der Waals surface area contributed by atoms with Gasteiger partial charge in [0, 0.05) is 42.7 Å². The molecular formula is C31H48N4O3. The molecule has 7 nitrogen and oxygen atoms in total. The summed E-state index contributed by atoms with van der Waals surface area (Å²) in [5.41, 5.74) is 4.96. The van der Waals surface area contributed by atoms with Gasteiger partial charge >= 0.3 is 5.97 Å². The predicted molar refractivity (Wildman–Crippen MR) is 156 cm³/mol. The van der Waals surface area contributed by atoms with Crippen LogP contribution in [0.4, 0.5) is 11.4 Å². The number of rotatable bonds is 10. The summed E-state index contributed by atoms with van der Waals surface area (Å²) >= 11 is 0. The summed E-state index contributed by atoms with van der Waals surface area (Å²) in [6.07, 6.45) is 6.99. The van der Waals surface area contributed by atoms with Crippen LogP contribution in [-0.4, -0.2) is 47.3 Å². The van der Waals surface area contributed by atoms with E-state index < -0.39 is 11.7 Å². The maximum absolute atomic E-state index is 13.5. The molecule has 1 fully saturated rings. The fourth-order valence-electron chi connectivity index (χ4n) is 4.73. The van der Waals surface area contributed by atoms with E-state index >= 15 is 0 Å². The van der Waals surface area contributed by atoms with Crippen LogP contribution in [0.3, 0.4) is 0 Å². The van der Waals surface area contributed by atoms with E-state index in [1.165, 1.54) is 0 Å². The summed E-state index contributed by atoms with van der Waals surface area (Å²) in [4.78, 5) is 25.5. The number of aromatic nitrogens is 2. The highest BCUT2D eigenvalue weighted by Gasteiger charge is 2.37. The number of anilines is 2. The number of hydrogen-bond donors (Lipinski definition) is 1. The van der Waals surface area contributed by atoms with Gasteiger partial charge in [0.25, 0.3) is 0 Å². The molecule has 2 aromatic heterocycles. The average Bonchev–Trinajstić information content (AvgIpc) is 2.82. The molecule has 1 aliphatic rings. The lowest BCUT2D eigenvalue weighted by Crippen LogP contribution is -2.39. The topological polar surface area (TPSA) is 76.6 Å². The van der Waals surface area contributed by atoms with E-state index in [4.69, 9.17) is 19.4 Å². The molecule has 7 heteroatoms. The molecule has 3 rings (SSSR count). The number of carbonyl (C=O) groups is 1. The second-order valence-corrected chi connectivity index (χ2v) is 12.5. The van der Waals surface area contributed by atoms with Crippen LogP contribution in [0.15, 0.2) is 24.5 Å². The van der Waals surface area contributed by atoms with Gasteiger partial charge in [-0.05, 0) is 78.4 Å². The number of nitrogens with one attached hydrogen (secondary N) is 1. The molecule has 3 heterocycles. The minimum absolute atomic E-state index is 0.251. The van der Waals surface area contributed by atoms with Gasteiger partial charge in [-0.25, -0.2) is 4.79 Å². The normalized spacial score (nSPS) is 16.4. The Balaban J connectivity index is 2.15. The molecule has 0 aromatic carbocycles. The van der Waals surface area contributed by atoms with Crippen LogP contribution < -0.4 is 10.2 Å². The second kappa shape index (κ2) is 12.5. The first-order valence-electron chi connectivity index (χ1n) is 14.1. The molecule has 1 N–H and O–H groups in total. The van der Waals surface area contributed by atoms with Crippen LogP contribution in [-0.2, 0) is 14.3 Å². The molecule has 0 aliphatic carbocycles. The van der Waals surface area contributed by atoms with E-state index in [2.05, 4.69) is 37.1 Å². The zero-order valence-corrected chi connectivity index (χ0v) is 25.0. The molecule has 38 heavy (non-hydrogen) atoms. The quantitative estimate of drug-likeness (QED) is 0.262. The van der Waals surface area contributed by atoms with Crippen molar-refractivity contribution in [2.45, 2.75) is 106 Å². The van der Waals surface area contributed by atoms with Crippen LogP contribution >= 0.6 is 0 Å². The van der Waals surface area contributed by atoms with E-state index in [-0.39, 0.29) is 17.5 Å². The SMILES string of the molecule is CCCCNc1ccc(-c2cnc(C)c(C(OC(C)(C)C)C(=O)OC(C)C)c2N2CCC(C)(C)CC2)nc1. The van der Waals surface area contributed by atoms with Gasteiger partial charge < -0.3 is 19.7 Å². The van der Waals surface area contributed by atoms with Crippen LogP contribution in [0.2, 0.25) is 0 Å². The first-order valence-corrected chi connectivity index (χ1v) is 14.1. The smallest absolute Gasteiger partial charge is 0.340 e. The van der Waals surface area contributed by atoms with E-state index in [0.29, 0.717) is 0 Å². The first-order chi connectivity index (χ1) is 17.8. The van der Waals surface area contributed by atoms with Gasteiger partial charge in [-0.15, -0.1) is 0 Å². The fraction of sp³-hybridized carbons (Fsp3) is 0.645. The van der Waals surface area contributed by atoms with Gasteiger partial charge in [-0.2, -0.15) is 0 Å². The lowest BCUT2D eigenvalue weighted by Gasteiger charge is -2.41. The van der Waals surface area contributed by atoms with Crippen LogP contribution in [0, 0.1) is 12.3 Å². The van der Waals surface area contributed by atoms with Crippen LogP contribution in [0.25, 0.3) is 11.3 Å². The third-order valence-corrected chi connectivity index (χ3v) is 6.92. The van der Waals surface area contributed by atoms with Crippen molar-refractivity contribution in [3.05, 3.63) is 35.8 Å². The molecule has 210 valence electrons. The minimum atomic E-state index is -0.898. The number of aryl methyl sites for hydroxylation is 1. The molecule has 0 radical (unpaired) electrons. The van der Waals surface area contributed by atoms with E-state index in [9.17, 15) is 4.79 Å². The Kier molecular flexibility index (Phi) is 9.80. The first kappa shape index (κ1) is 29.9. The average molecular weight is 525 g/mol. The number of carbonyl (C=O) groups excluding carboxylic acids is 1. The van der Waals surface area contributed by atoms with Crippen molar-refractivity contribution < 1.29 is 14.3 Å². The Labute approximate surface area is 229 Å². The third-order valence-electron chi connectivity index (χ3n) is 6.92. The Bertz CT molecular complexity index is 1060. The number of nitrogens with zero attached hydrogens (tertiary/aromatic N) is 3. The molecule has 1 atom stereocenters. The number of unbranched alkanes of at least 4 members (excludes halogenated alkanes) is 1. The maximum atomic E-state index is 13.5. The predicted octanol–water partition coefficient (Wildman–Crippen LogP) is 7.10. The van der Waals surface area contributed by atoms with Gasteiger partial charge in [0.2, 0.25) is 0 Å². The highest BCUT2D eigenvalue weighted by atomic mass is 16.6. The molecule has 0 spiro atoms. The summed E-state index contributed by atoms with van der Waals surface area (Å²) in [5, 5.41) is 3.44. The number of ether oxygens (including phenoxy) is 2. The van der Waals surface area contributed by atoms with E-state index in [1.807, 2.05) is 60.0 Å². The van der Waals surface area contributed by atoms with Crippen molar-refractivity contribution >= 4 is 17.3 Å². The standard InChI is InChI=1S/C31H48N4O3/c1-10-11-16-32-23-12-13-25(34-19-23)24-20-33-22(4)26(27(24)35-17-14-31(8,9)15-18-35)28(38-30(5,6)7)29(36)37-21(2)3/h12-13,19-21,28,32H,10-11,14-18H2,1-9H3. The van der Waals surface area contributed by atoms with Crippen molar-refractivity contribution in [1.82, 2.24) is 9.97 Å². The summed E-state index contributed by atoms with van der Waals surface area (Å²) < 4.78 is 12.2. The van der Waals surface area contributed by atoms with Gasteiger partial charge in [0.1, 0.15) is 0 Å². The van der Waals surface area contributed by atoms with E-state index in [0.717, 1.165) is 79.2 Å². The summed E-state index contributed by atoms with van der Waals surface area (Å²) in [6, 6.07) is 4.10. The number of hydrogen-bond acceptors (Lipinski definition) is 7. The molecule has 1 unspecified atom stereocenters. The van der Waals surface area contributed by atoms with Gasteiger partial charge in [0.05, 0.1) is 35.0 Å². The Hall–Kier alpha value is -2.67. The van der Waals surface area contributed by atoms with Gasteiger partial charge in [0.15, 0.2) is 6.10 Å². The van der Waals surface area contributed by atoms with Crippen molar-refractivity contribution in [2.75, 3.05) is 29.9 Å². The lowest BCUT2D eigenvalue weighted by atomic mass is 9.82. The molecular weight excluding hydrogens is 476 g/mol. The Morgan fingerprint density at radius 3 is 2.37 bits per heavy atom. The third kappa shape index (κ3) is 7.92. The molecule has 2 aromatic rings. The second-order valence-electron chi connectivity index (χ2n) is 12.5. The highest BCUT2D eigenvalue weighted by Crippen LogP contribution is 2.43. The zero-order valence-electron chi connectivity index (χ0n) is 25.0. The lowest BCUT2D eigenvalue weighted by molar-refractivity contribution is -0.171. The summed E-state index contributed by atoms with van der Waals surface area (Å²) in [7, 11) is 0. The van der Waals surface area contributed by atoms with Crippen molar-refractivity contribution in [3.8, 4) is 11.3 Å². The summed E-state index contributed by atoms with van der Waals surface area (Å²) in [6.45, 7) is 21.1. The van der Waals surface area contributed by atoms with Gasteiger partial charge in [-0.3, -0.25) is 9.97 Å². The van der Waals surface area contributed by atoms with Crippen LogP contribution in [0.1, 0.15) is 98.4 Å². The largest absolute Gasteiger partial charge is 0.461 e. The number of piperidine rings is 1. The Morgan fingerprint density at radius 2 is 1.82 bits per heavy atom. The minimum Gasteiger partial charge on any atom is -0.461 e. The molecule has 1 aliphatic heterocycles. The molecule has 0 bridgehead atoms. The van der Waals surface area contributed by atoms with Crippen molar-refractivity contribution in [2.24, 2.45) is 5.41 Å². The molecule has 0 saturated carbocycles. The van der Waals surface area contributed by atoms with Crippen LogP contribution in [0.5, 0.6) is 0 Å². The maximum Gasteiger partial charge on any atom is 0.340 e. The highest BCUT2D eigenvalue weighted by molar-refractivity contribution is 5.86. The van der Waals surface area contributed by atoms with Crippen molar-refractivity contribution in [3.63, 3.8) is 0 Å². The summed E-state index contributed by atoms with van der Waals surface area (Å²) in [5.74, 6) is -0.390. The van der Waals surface area contributed by atoms with Crippen molar-refractivity contribution in [1.29, 1.82) is 0 Å².